The van der Waals surface area contributed by atoms with E-state index >= 15 is 0 Å². The van der Waals surface area contributed by atoms with Crippen LogP contribution in [-0.4, -0.2) is 32.6 Å². The van der Waals surface area contributed by atoms with Crippen molar-refractivity contribution in [3.05, 3.63) is 29.3 Å². The molecule has 0 heterocycles. The topological polar surface area (TPSA) is 61.8 Å². The molecule has 0 aliphatic heterocycles. The third-order valence-electron chi connectivity index (χ3n) is 2.56. The first kappa shape index (κ1) is 15.8. The number of carbonyl (C=O) groups excluding carboxylic acids is 2. The fourth-order valence-corrected chi connectivity index (χ4v) is 1.59. The first-order valence-corrected chi connectivity index (χ1v) is 6.14. The molecule has 0 fully saturated rings. The first-order chi connectivity index (χ1) is 9.51. The Morgan fingerprint density at radius 2 is 1.65 bits per heavy atom. The highest BCUT2D eigenvalue weighted by Crippen LogP contribution is 2.24. The summed E-state index contributed by atoms with van der Waals surface area (Å²) in [5, 5.41) is 0. The molecule has 5 nitrogen and oxygen atoms in total. The van der Waals surface area contributed by atoms with Crippen LogP contribution in [0.4, 0.5) is 0 Å². The summed E-state index contributed by atoms with van der Waals surface area (Å²) in [6.07, 6.45) is 1.46. The minimum absolute atomic E-state index is 0.0119. The van der Waals surface area contributed by atoms with Crippen molar-refractivity contribution in [2.75, 3.05) is 20.8 Å². The highest BCUT2D eigenvalue weighted by atomic mass is 16.5. The maximum absolute atomic E-state index is 11.7. The number of methoxy groups -OCH3 is 2. The van der Waals surface area contributed by atoms with Gasteiger partial charge in [-0.05, 0) is 37.6 Å². The molecule has 0 atom stereocenters. The molecule has 1 aromatic carbocycles. The van der Waals surface area contributed by atoms with E-state index in [1.807, 2.05) is 0 Å². The van der Waals surface area contributed by atoms with Gasteiger partial charge >= 0.3 is 5.97 Å². The van der Waals surface area contributed by atoms with Gasteiger partial charge in [-0.3, -0.25) is 4.79 Å². The molecule has 0 bridgehead atoms. The van der Waals surface area contributed by atoms with Crippen LogP contribution in [0.2, 0.25) is 0 Å². The van der Waals surface area contributed by atoms with Gasteiger partial charge in [0.05, 0.1) is 20.8 Å². The third-order valence-corrected chi connectivity index (χ3v) is 2.56. The molecule has 108 valence electrons. The number of carbonyl (C=O) groups is 2. The highest BCUT2D eigenvalue weighted by molar-refractivity contribution is 6.19. The van der Waals surface area contributed by atoms with Crippen molar-refractivity contribution in [3.63, 3.8) is 0 Å². The Morgan fingerprint density at radius 1 is 1.10 bits per heavy atom. The van der Waals surface area contributed by atoms with Gasteiger partial charge in [-0.1, -0.05) is 0 Å². The number of ether oxygens (including phenoxy) is 3. The molecule has 20 heavy (non-hydrogen) atoms. The zero-order valence-corrected chi connectivity index (χ0v) is 12.1. The van der Waals surface area contributed by atoms with E-state index in [1.165, 1.54) is 27.2 Å². The van der Waals surface area contributed by atoms with Crippen LogP contribution in [0.25, 0.3) is 6.08 Å². The van der Waals surface area contributed by atoms with E-state index in [4.69, 9.17) is 14.2 Å². The van der Waals surface area contributed by atoms with Crippen LogP contribution in [0.5, 0.6) is 11.5 Å². The molecule has 0 saturated carbocycles. The maximum atomic E-state index is 11.7. The van der Waals surface area contributed by atoms with Crippen molar-refractivity contribution < 1.29 is 23.8 Å². The van der Waals surface area contributed by atoms with Crippen LogP contribution in [0.1, 0.15) is 19.4 Å². The van der Waals surface area contributed by atoms with Crippen molar-refractivity contribution in [2.24, 2.45) is 0 Å². The van der Waals surface area contributed by atoms with Gasteiger partial charge in [0.2, 0.25) is 0 Å². The Morgan fingerprint density at radius 3 is 2.05 bits per heavy atom. The summed E-state index contributed by atoms with van der Waals surface area (Å²) in [5.41, 5.74) is 0.613. The van der Waals surface area contributed by atoms with E-state index in [2.05, 4.69) is 0 Å². The zero-order valence-electron chi connectivity index (χ0n) is 12.1. The highest BCUT2D eigenvalue weighted by Gasteiger charge is 2.16. The second-order valence-electron chi connectivity index (χ2n) is 3.98. The van der Waals surface area contributed by atoms with Crippen LogP contribution in [0, 0.1) is 0 Å². The summed E-state index contributed by atoms with van der Waals surface area (Å²) in [6.45, 7) is 3.22. The molecule has 5 heteroatoms. The van der Waals surface area contributed by atoms with Crippen molar-refractivity contribution in [2.45, 2.75) is 13.8 Å². The lowest BCUT2D eigenvalue weighted by atomic mass is 10.1. The summed E-state index contributed by atoms with van der Waals surface area (Å²) in [5.74, 6) is 0.150. The van der Waals surface area contributed by atoms with E-state index < -0.39 is 5.97 Å². The number of hydrogen-bond acceptors (Lipinski definition) is 5. The Hall–Kier alpha value is -2.30. The molecule has 0 aliphatic carbocycles. The van der Waals surface area contributed by atoms with Gasteiger partial charge in [-0.25, -0.2) is 4.79 Å². The third kappa shape index (κ3) is 4.12. The van der Waals surface area contributed by atoms with Crippen LogP contribution >= 0.6 is 0 Å². The predicted molar refractivity (Wildman–Crippen MR) is 74.8 cm³/mol. The largest absolute Gasteiger partial charge is 0.497 e. The fraction of sp³-hybridized carbons (Fsp3) is 0.333. The van der Waals surface area contributed by atoms with E-state index in [1.54, 1.807) is 25.1 Å². The maximum Gasteiger partial charge on any atom is 0.341 e. The average Bonchev–Trinajstić information content (AvgIpc) is 2.44. The Labute approximate surface area is 118 Å². The van der Waals surface area contributed by atoms with Gasteiger partial charge in [0.25, 0.3) is 0 Å². The van der Waals surface area contributed by atoms with E-state index in [0.29, 0.717) is 17.1 Å². The lowest BCUT2D eigenvalue weighted by molar-refractivity contribution is -0.139. The number of esters is 1. The standard InChI is InChI=1S/C15H18O5/c1-5-20-15(17)14(10(2)16)8-11-6-12(18-3)9-13(7-11)19-4/h6-9H,5H2,1-4H3/b14-8-. The van der Waals surface area contributed by atoms with Crippen molar-refractivity contribution in [3.8, 4) is 11.5 Å². The van der Waals surface area contributed by atoms with Crippen molar-refractivity contribution >= 4 is 17.8 Å². The number of benzene rings is 1. The van der Waals surface area contributed by atoms with Crippen LogP contribution in [0.3, 0.4) is 0 Å². The van der Waals surface area contributed by atoms with Crippen LogP contribution in [-0.2, 0) is 14.3 Å². The number of rotatable bonds is 6. The SMILES string of the molecule is CCOC(=O)/C(=C\c1cc(OC)cc(OC)c1)C(C)=O. The summed E-state index contributed by atoms with van der Waals surface area (Å²) in [4.78, 5) is 23.3. The second-order valence-corrected chi connectivity index (χ2v) is 3.98. The molecule has 0 radical (unpaired) electrons. The van der Waals surface area contributed by atoms with Crippen LogP contribution in [0.15, 0.2) is 23.8 Å². The summed E-state index contributed by atoms with van der Waals surface area (Å²) < 4.78 is 15.1. The van der Waals surface area contributed by atoms with Gasteiger partial charge in [0.15, 0.2) is 5.78 Å². The first-order valence-electron chi connectivity index (χ1n) is 6.14. The smallest absolute Gasteiger partial charge is 0.341 e. The summed E-state index contributed by atoms with van der Waals surface area (Å²) >= 11 is 0. The molecule has 0 amide bonds. The molecule has 0 aliphatic rings. The molecular weight excluding hydrogens is 260 g/mol. The average molecular weight is 278 g/mol. The van der Waals surface area contributed by atoms with E-state index in [0.717, 1.165) is 0 Å². The number of Topliss-reactive ketones (excluding diaryl/α,β-unsaturated/α-hetero) is 1. The van der Waals surface area contributed by atoms with Crippen molar-refractivity contribution in [1.29, 1.82) is 0 Å². The molecular formula is C15H18O5. The molecule has 0 aromatic heterocycles. The minimum Gasteiger partial charge on any atom is -0.497 e. The summed E-state index contributed by atoms with van der Waals surface area (Å²) in [6, 6.07) is 5.10. The number of ketones is 1. The Bertz CT molecular complexity index is 509. The number of hydrogen-bond donors (Lipinski definition) is 0. The van der Waals surface area contributed by atoms with E-state index in [-0.39, 0.29) is 18.0 Å². The normalized spacial score (nSPS) is 10.9. The lowest BCUT2D eigenvalue weighted by Gasteiger charge is -2.07. The van der Waals surface area contributed by atoms with Gasteiger partial charge in [0, 0.05) is 6.07 Å². The van der Waals surface area contributed by atoms with Crippen LogP contribution < -0.4 is 9.47 Å². The van der Waals surface area contributed by atoms with Gasteiger partial charge < -0.3 is 14.2 Å². The van der Waals surface area contributed by atoms with Crippen molar-refractivity contribution in [1.82, 2.24) is 0 Å². The molecule has 0 N–H and O–H groups in total. The molecule has 1 aromatic rings. The Balaban J connectivity index is 3.22. The lowest BCUT2D eigenvalue weighted by Crippen LogP contribution is -2.13. The Kier molecular flexibility index (Phi) is 5.77. The quantitative estimate of drug-likeness (QED) is 0.345. The second kappa shape index (κ2) is 7.33. The van der Waals surface area contributed by atoms with Gasteiger partial charge in [0.1, 0.15) is 17.1 Å². The summed E-state index contributed by atoms with van der Waals surface area (Å²) in [7, 11) is 3.05. The van der Waals surface area contributed by atoms with Gasteiger partial charge in [-0.2, -0.15) is 0 Å². The monoisotopic (exact) mass is 278 g/mol. The zero-order chi connectivity index (χ0) is 15.1. The van der Waals surface area contributed by atoms with Gasteiger partial charge in [-0.15, -0.1) is 0 Å². The minimum atomic E-state index is -0.637. The fourth-order valence-electron chi connectivity index (χ4n) is 1.59. The molecule has 0 unspecified atom stereocenters. The predicted octanol–water partition coefficient (Wildman–Crippen LogP) is 2.24. The molecule has 0 spiro atoms. The molecule has 0 saturated heterocycles. The van der Waals surface area contributed by atoms with E-state index in [9.17, 15) is 9.59 Å². The molecule has 1 rings (SSSR count).